The summed E-state index contributed by atoms with van der Waals surface area (Å²) in [5.74, 6) is 1.59. The molecule has 0 saturated carbocycles. The number of aryl methyl sites for hydroxylation is 1. The second-order valence-corrected chi connectivity index (χ2v) is 6.74. The number of hydrogen-bond donors (Lipinski definition) is 0. The van der Waals surface area contributed by atoms with Crippen LogP contribution in [-0.2, 0) is 6.61 Å². The van der Waals surface area contributed by atoms with Crippen LogP contribution in [0.4, 0.5) is 5.82 Å². The molecule has 4 nitrogen and oxygen atoms in total. The van der Waals surface area contributed by atoms with Crippen molar-refractivity contribution < 1.29 is 4.74 Å². The molecule has 0 radical (unpaired) electrons. The van der Waals surface area contributed by atoms with Crippen molar-refractivity contribution in [1.29, 1.82) is 0 Å². The van der Waals surface area contributed by atoms with Crippen LogP contribution < -0.4 is 9.64 Å². The molecule has 1 aromatic carbocycles. The van der Waals surface area contributed by atoms with E-state index in [0.717, 1.165) is 5.82 Å². The molecule has 0 N–H and O–H groups in total. The number of anilines is 1. The SMILES string of the molecule is Cc1cccc(COc2nsnc2N2C(C)CCCC2C)c1. The molecule has 2 heterocycles. The van der Waals surface area contributed by atoms with E-state index in [1.165, 1.54) is 42.1 Å². The Balaban J connectivity index is 1.74. The maximum absolute atomic E-state index is 5.96. The van der Waals surface area contributed by atoms with Gasteiger partial charge in [-0.1, -0.05) is 29.8 Å². The Morgan fingerprint density at radius 1 is 1.23 bits per heavy atom. The van der Waals surface area contributed by atoms with Crippen LogP contribution in [0.15, 0.2) is 24.3 Å². The largest absolute Gasteiger partial charge is 0.470 e. The lowest BCUT2D eigenvalue weighted by Crippen LogP contribution is -2.44. The second-order valence-electron chi connectivity index (χ2n) is 6.21. The summed E-state index contributed by atoms with van der Waals surface area (Å²) in [6, 6.07) is 9.37. The summed E-state index contributed by atoms with van der Waals surface area (Å²) >= 11 is 1.24. The monoisotopic (exact) mass is 317 g/mol. The van der Waals surface area contributed by atoms with Crippen LogP contribution >= 0.6 is 11.7 Å². The molecule has 2 aromatic rings. The molecule has 0 bridgehead atoms. The topological polar surface area (TPSA) is 38.3 Å². The molecule has 2 unspecified atom stereocenters. The number of rotatable bonds is 4. The maximum atomic E-state index is 5.96. The number of benzene rings is 1. The van der Waals surface area contributed by atoms with E-state index < -0.39 is 0 Å². The summed E-state index contributed by atoms with van der Waals surface area (Å²) in [4.78, 5) is 2.37. The van der Waals surface area contributed by atoms with E-state index in [0.29, 0.717) is 24.6 Å². The summed E-state index contributed by atoms with van der Waals surface area (Å²) in [7, 11) is 0. The van der Waals surface area contributed by atoms with E-state index in [2.05, 4.69) is 58.7 Å². The number of hydrogen-bond acceptors (Lipinski definition) is 5. The molecule has 2 atom stereocenters. The molecule has 3 rings (SSSR count). The van der Waals surface area contributed by atoms with Crippen molar-refractivity contribution in [1.82, 2.24) is 8.75 Å². The van der Waals surface area contributed by atoms with Crippen LogP contribution in [0.5, 0.6) is 5.88 Å². The lowest BCUT2D eigenvalue weighted by molar-refractivity contribution is 0.293. The van der Waals surface area contributed by atoms with Gasteiger partial charge in [-0.3, -0.25) is 0 Å². The van der Waals surface area contributed by atoms with Crippen molar-refractivity contribution in [2.75, 3.05) is 4.90 Å². The summed E-state index contributed by atoms with van der Waals surface area (Å²) in [6.07, 6.45) is 3.70. The smallest absolute Gasteiger partial charge is 0.271 e. The Hall–Kier alpha value is -1.62. The van der Waals surface area contributed by atoms with Crippen molar-refractivity contribution in [3.05, 3.63) is 35.4 Å². The molecule has 0 amide bonds. The van der Waals surface area contributed by atoms with Gasteiger partial charge in [-0.15, -0.1) is 4.37 Å². The molecular weight excluding hydrogens is 294 g/mol. The van der Waals surface area contributed by atoms with Crippen LogP contribution in [0.1, 0.15) is 44.2 Å². The Kier molecular flexibility index (Phi) is 4.62. The fraction of sp³-hybridized carbons (Fsp3) is 0.529. The zero-order valence-corrected chi connectivity index (χ0v) is 14.3. The highest BCUT2D eigenvalue weighted by Gasteiger charge is 2.29. The first-order chi connectivity index (χ1) is 10.6. The first-order valence-corrected chi connectivity index (χ1v) is 8.67. The lowest BCUT2D eigenvalue weighted by Gasteiger charge is -2.39. The normalized spacial score (nSPS) is 21.9. The summed E-state index contributed by atoms with van der Waals surface area (Å²) < 4.78 is 14.8. The zero-order chi connectivity index (χ0) is 15.5. The van der Waals surface area contributed by atoms with Gasteiger partial charge in [0.2, 0.25) is 5.82 Å². The van der Waals surface area contributed by atoms with Gasteiger partial charge in [-0.05, 0) is 45.6 Å². The lowest BCUT2D eigenvalue weighted by atomic mass is 9.98. The van der Waals surface area contributed by atoms with Crippen molar-refractivity contribution in [2.45, 2.75) is 58.7 Å². The molecule has 1 fully saturated rings. The predicted octanol–water partition coefficient (Wildman–Crippen LogP) is 4.19. The summed E-state index contributed by atoms with van der Waals surface area (Å²) in [6.45, 7) is 7.16. The molecule has 0 aliphatic carbocycles. The van der Waals surface area contributed by atoms with Crippen LogP contribution in [0.2, 0.25) is 0 Å². The van der Waals surface area contributed by atoms with Crippen molar-refractivity contribution >= 4 is 17.5 Å². The van der Waals surface area contributed by atoms with Gasteiger partial charge >= 0.3 is 0 Å². The van der Waals surface area contributed by atoms with E-state index in [4.69, 9.17) is 4.74 Å². The van der Waals surface area contributed by atoms with Crippen molar-refractivity contribution in [2.24, 2.45) is 0 Å². The van der Waals surface area contributed by atoms with Gasteiger partial charge in [0.15, 0.2) is 0 Å². The van der Waals surface area contributed by atoms with Crippen molar-refractivity contribution in [3.8, 4) is 5.88 Å². The van der Waals surface area contributed by atoms with Gasteiger partial charge in [-0.25, -0.2) is 0 Å². The number of piperidine rings is 1. The Morgan fingerprint density at radius 3 is 2.73 bits per heavy atom. The number of ether oxygens (including phenoxy) is 1. The minimum atomic E-state index is 0.494. The molecule has 118 valence electrons. The first kappa shape index (κ1) is 15.3. The molecule has 0 spiro atoms. The second kappa shape index (κ2) is 6.65. The average molecular weight is 317 g/mol. The fourth-order valence-electron chi connectivity index (χ4n) is 3.22. The molecule has 1 aliphatic heterocycles. The molecular formula is C17H23N3OS. The molecule has 1 saturated heterocycles. The third-order valence-electron chi connectivity index (χ3n) is 4.34. The fourth-order valence-corrected chi connectivity index (χ4v) is 3.72. The van der Waals surface area contributed by atoms with Gasteiger partial charge < -0.3 is 9.64 Å². The third kappa shape index (κ3) is 3.24. The van der Waals surface area contributed by atoms with Gasteiger partial charge in [0.05, 0.1) is 11.7 Å². The minimum Gasteiger partial charge on any atom is -0.470 e. The van der Waals surface area contributed by atoms with E-state index in [-0.39, 0.29) is 0 Å². The Labute approximate surface area is 136 Å². The van der Waals surface area contributed by atoms with E-state index in [1.54, 1.807) is 0 Å². The van der Waals surface area contributed by atoms with Crippen LogP contribution in [0.3, 0.4) is 0 Å². The van der Waals surface area contributed by atoms with E-state index >= 15 is 0 Å². The highest BCUT2D eigenvalue weighted by Crippen LogP contribution is 2.34. The summed E-state index contributed by atoms with van der Waals surface area (Å²) in [5, 5.41) is 0. The Morgan fingerprint density at radius 2 is 2.00 bits per heavy atom. The number of nitrogens with zero attached hydrogens (tertiary/aromatic N) is 3. The highest BCUT2D eigenvalue weighted by atomic mass is 32.1. The summed E-state index contributed by atoms with van der Waals surface area (Å²) in [5.41, 5.74) is 2.41. The Bertz CT molecular complexity index is 618. The number of aromatic nitrogens is 2. The standard InChI is InChI=1S/C17H23N3OS/c1-12-6-4-9-15(10-12)11-21-17-16(18-22-19-17)20-13(2)7-5-8-14(20)3/h4,6,9-10,13-14H,5,7-8,11H2,1-3H3. The third-order valence-corrected chi connectivity index (χ3v) is 4.84. The average Bonchev–Trinajstić information content (AvgIpc) is 2.93. The van der Waals surface area contributed by atoms with E-state index in [1.807, 2.05) is 0 Å². The van der Waals surface area contributed by atoms with E-state index in [9.17, 15) is 0 Å². The van der Waals surface area contributed by atoms with Gasteiger partial charge in [0.1, 0.15) is 6.61 Å². The molecule has 22 heavy (non-hydrogen) atoms. The van der Waals surface area contributed by atoms with Crippen LogP contribution in [0, 0.1) is 6.92 Å². The molecule has 5 heteroatoms. The molecule has 1 aromatic heterocycles. The first-order valence-electron chi connectivity index (χ1n) is 7.94. The highest BCUT2D eigenvalue weighted by molar-refractivity contribution is 6.99. The van der Waals surface area contributed by atoms with Crippen LogP contribution in [-0.4, -0.2) is 20.8 Å². The van der Waals surface area contributed by atoms with Crippen molar-refractivity contribution in [3.63, 3.8) is 0 Å². The maximum Gasteiger partial charge on any atom is 0.271 e. The van der Waals surface area contributed by atoms with Gasteiger partial charge in [-0.2, -0.15) is 4.37 Å². The van der Waals surface area contributed by atoms with Gasteiger partial charge in [0.25, 0.3) is 5.88 Å². The molecule has 1 aliphatic rings. The predicted molar refractivity (Wildman–Crippen MR) is 90.7 cm³/mol. The van der Waals surface area contributed by atoms with Crippen LogP contribution in [0.25, 0.3) is 0 Å². The quantitative estimate of drug-likeness (QED) is 0.847. The zero-order valence-electron chi connectivity index (χ0n) is 13.5. The van der Waals surface area contributed by atoms with Gasteiger partial charge in [0, 0.05) is 12.1 Å². The minimum absolute atomic E-state index is 0.494.